The molecule has 1 N–H and O–H groups in total. The summed E-state index contributed by atoms with van der Waals surface area (Å²) in [6.45, 7) is 4.69. The van der Waals surface area contributed by atoms with Crippen LogP contribution in [0.4, 0.5) is 13.2 Å². The Balaban J connectivity index is 2.36. The van der Waals surface area contributed by atoms with Crippen molar-refractivity contribution < 1.29 is 45.4 Å². The highest BCUT2D eigenvalue weighted by molar-refractivity contribution is 7.89. The molecule has 0 aromatic heterocycles. The number of aldehydes is 1. The third-order valence-corrected chi connectivity index (χ3v) is 6.95. The molecule has 0 saturated heterocycles. The van der Waals surface area contributed by atoms with Crippen LogP contribution >= 0.6 is 0 Å². The van der Waals surface area contributed by atoms with Gasteiger partial charge in [-0.3, -0.25) is 4.79 Å². The summed E-state index contributed by atoms with van der Waals surface area (Å²) in [7, 11) is -4.68. The van der Waals surface area contributed by atoms with Gasteiger partial charge in [0.2, 0.25) is 5.91 Å². The van der Waals surface area contributed by atoms with E-state index >= 15 is 0 Å². The van der Waals surface area contributed by atoms with Crippen molar-refractivity contribution in [1.82, 2.24) is 9.84 Å². The van der Waals surface area contributed by atoms with Crippen molar-refractivity contribution in [2.45, 2.75) is 95.0 Å². The molecule has 0 aliphatic heterocycles. The molecule has 1 saturated carbocycles. The Morgan fingerprint density at radius 1 is 1.16 bits per heavy atom. The van der Waals surface area contributed by atoms with Gasteiger partial charge in [0, 0.05) is 18.9 Å². The second-order valence-electron chi connectivity index (χ2n) is 9.88. The minimum atomic E-state index is -5.05. The standard InChI is InChI=1S/C24H33F3N2O7S/c1-23(2,3)36-22(32)20(14-15-30)29(21(31)13-12-17-8-5-4-6-9-17)28-37(33,34)19-11-7-10-18(16-19)35-24(25,26)27/h7,10-11,15-17,20,28H,4-6,8-9,12-14H2,1-3H3. The first kappa shape index (κ1) is 30.6. The van der Waals surface area contributed by atoms with Crippen molar-refractivity contribution in [3.05, 3.63) is 24.3 Å². The van der Waals surface area contributed by atoms with Crippen LogP contribution in [0.5, 0.6) is 5.75 Å². The Hall–Kier alpha value is -2.67. The van der Waals surface area contributed by atoms with Gasteiger partial charge in [0.1, 0.15) is 17.6 Å². The van der Waals surface area contributed by atoms with E-state index in [-0.39, 0.29) is 12.3 Å². The average molecular weight is 551 g/mol. The number of halogens is 3. The molecule has 1 unspecified atom stereocenters. The molecule has 1 atom stereocenters. The van der Waals surface area contributed by atoms with Gasteiger partial charge in [-0.2, -0.15) is 0 Å². The number of carbonyl (C=O) groups is 3. The molecule has 1 aromatic rings. The molecule has 1 aromatic carbocycles. The number of benzene rings is 1. The van der Waals surface area contributed by atoms with E-state index < -0.39 is 57.0 Å². The molecule has 2 rings (SSSR count). The van der Waals surface area contributed by atoms with Gasteiger partial charge < -0.3 is 14.3 Å². The number of rotatable bonds is 11. The molecule has 1 fully saturated rings. The predicted octanol–water partition coefficient (Wildman–Crippen LogP) is 4.27. The lowest BCUT2D eigenvalue weighted by Crippen LogP contribution is -2.56. The SMILES string of the molecule is CC(C)(C)OC(=O)C(CC=O)N(NS(=O)(=O)c1cccc(OC(F)(F)F)c1)C(=O)CCC1CCCCC1. The number of hydrazine groups is 1. The van der Waals surface area contributed by atoms with Crippen LogP contribution in [0.25, 0.3) is 0 Å². The van der Waals surface area contributed by atoms with Gasteiger partial charge in [0.05, 0.1) is 4.90 Å². The van der Waals surface area contributed by atoms with Crippen LogP contribution < -0.4 is 9.57 Å². The first-order chi connectivity index (χ1) is 17.1. The summed E-state index contributed by atoms with van der Waals surface area (Å²) >= 11 is 0. The van der Waals surface area contributed by atoms with Crippen molar-refractivity contribution in [2.75, 3.05) is 0 Å². The number of hydrogen-bond donors (Lipinski definition) is 1. The monoisotopic (exact) mass is 550 g/mol. The maximum absolute atomic E-state index is 13.2. The lowest BCUT2D eigenvalue weighted by atomic mass is 9.86. The third kappa shape index (κ3) is 10.3. The Morgan fingerprint density at radius 3 is 2.38 bits per heavy atom. The van der Waals surface area contributed by atoms with Gasteiger partial charge in [-0.15, -0.1) is 18.0 Å². The number of esters is 1. The molecule has 9 nitrogen and oxygen atoms in total. The van der Waals surface area contributed by atoms with Gasteiger partial charge in [0.15, 0.2) is 6.04 Å². The fourth-order valence-electron chi connectivity index (χ4n) is 4.00. The second-order valence-corrected chi connectivity index (χ2v) is 11.5. The molecule has 13 heteroatoms. The summed E-state index contributed by atoms with van der Waals surface area (Å²) < 4.78 is 73.1. The number of alkyl halides is 3. The maximum atomic E-state index is 13.2. The van der Waals surface area contributed by atoms with Gasteiger partial charge >= 0.3 is 12.3 Å². The number of nitrogens with zero attached hydrogens (tertiary/aromatic N) is 1. The smallest absolute Gasteiger partial charge is 0.458 e. The maximum Gasteiger partial charge on any atom is 0.573 e. The van der Waals surface area contributed by atoms with Crippen molar-refractivity contribution in [2.24, 2.45) is 5.92 Å². The lowest BCUT2D eigenvalue weighted by Gasteiger charge is -2.32. The van der Waals surface area contributed by atoms with E-state index in [0.717, 1.165) is 50.3 Å². The predicted molar refractivity (Wildman–Crippen MR) is 126 cm³/mol. The van der Waals surface area contributed by atoms with E-state index in [4.69, 9.17) is 4.74 Å². The van der Waals surface area contributed by atoms with Crippen LogP contribution in [-0.2, 0) is 29.1 Å². The minimum absolute atomic E-state index is 0.109. The zero-order valence-corrected chi connectivity index (χ0v) is 21.9. The average Bonchev–Trinajstić information content (AvgIpc) is 2.78. The Morgan fingerprint density at radius 2 is 1.81 bits per heavy atom. The normalized spacial score (nSPS) is 16.1. The molecule has 0 heterocycles. The molecule has 0 spiro atoms. The van der Waals surface area contributed by atoms with Crippen molar-refractivity contribution >= 4 is 28.2 Å². The van der Waals surface area contributed by atoms with E-state index in [9.17, 15) is 36.0 Å². The van der Waals surface area contributed by atoms with E-state index in [2.05, 4.69) is 4.74 Å². The van der Waals surface area contributed by atoms with Crippen LogP contribution in [0.2, 0.25) is 0 Å². The fraction of sp³-hybridized carbons (Fsp3) is 0.625. The molecule has 1 amide bonds. The number of sulfonamides is 1. The van der Waals surface area contributed by atoms with E-state index in [1.54, 1.807) is 20.8 Å². The zero-order valence-electron chi connectivity index (χ0n) is 21.0. The summed E-state index contributed by atoms with van der Waals surface area (Å²) in [6.07, 6.45) is 0.0803. The molecular weight excluding hydrogens is 517 g/mol. The van der Waals surface area contributed by atoms with Crippen LogP contribution in [0.15, 0.2) is 29.2 Å². The van der Waals surface area contributed by atoms with Crippen LogP contribution in [-0.4, -0.2) is 49.6 Å². The third-order valence-electron chi connectivity index (χ3n) is 5.64. The first-order valence-electron chi connectivity index (χ1n) is 12.0. The number of nitrogens with one attached hydrogen (secondary N) is 1. The molecule has 0 radical (unpaired) electrons. The molecule has 1 aliphatic carbocycles. The number of carbonyl (C=O) groups excluding carboxylic acids is 3. The van der Waals surface area contributed by atoms with E-state index in [0.29, 0.717) is 23.8 Å². The minimum Gasteiger partial charge on any atom is -0.458 e. The van der Waals surface area contributed by atoms with Crippen LogP contribution in [0.3, 0.4) is 0 Å². The Kier molecular flexibility index (Phi) is 10.5. The Bertz CT molecular complexity index is 1050. The summed E-state index contributed by atoms with van der Waals surface area (Å²) in [5.41, 5.74) is -1.00. The van der Waals surface area contributed by atoms with Gasteiger partial charge in [-0.05, 0) is 45.2 Å². The van der Waals surface area contributed by atoms with Crippen molar-refractivity contribution in [3.8, 4) is 5.75 Å². The van der Waals surface area contributed by atoms with Gasteiger partial charge in [-0.1, -0.05) is 38.2 Å². The summed E-state index contributed by atoms with van der Waals surface area (Å²) in [4.78, 5) is 38.9. The molecule has 0 bridgehead atoms. The lowest BCUT2D eigenvalue weighted by molar-refractivity contribution is -0.274. The molecule has 1 aliphatic rings. The first-order valence-corrected chi connectivity index (χ1v) is 13.5. The molecule has 208 valence electrons. The topological polar surface area (TPSA) is 119 Å². The van der Waals surface area contributed by atoms with Crippen molar-refractivity contribution in [1.29, 1.82) is 0 Å². The van der Waals surface area contributed by atoms with Gasteiger partial charge in [-0.25, -0.2) is 18.2 Å². The summed E-state index contributed by atoms with van der Waals surface area (Å²) in [5.74, 6) is -2.31. The molecule has 37 heavy (non-hydrogen) atoms. The van der Waals surface area contributed by atoms with Crippen LogP contribution in [0, 0.1) is 5.92 Å². The van der Waals surface area contributed by atoms with E-state index in [1.807, 2.05) is 4.83 Å². The van der Waals surface area contributed by atoms with Crippen molar-refractivity contribution in [3.63, 3.8) is 0 Å². The largest absolute Gasteiger partial charge is 0.573 e. The Labute approximate surface area is 214 Å². The quantitative estimate of drug-likeness (QED) is 0.248. The summed E-state index contributed by atoms with van der Waals surface area (Å²) in [5, 5.41) is 0.540. The zero-order chi connectivity index (χ0) is 27.9. The summed E-state index contributed by atoms with van der Waals surface area (Å²) in [6, 6.07) is 1.94. The van der Waals surface area contributed by atoms with Gasteiger partial charge in [0.25, 0.3) is 10.0 Å². The fourth-order valence-corrected chi connectivity index (χ4v) is 5.12. The van der Waals surface area contributed by atoms with Crippen LogP contribution in [0.1, 0.15) is 72.1 Å². The highest BCUT2D eigenvalue weighted by Crippen LogP contribution is 2.28. The molecular formula is C24H33F3N2O7S. The van der Waals surface area contributed by atoms with E-state index in [1.165, 1.54) is 0 Å². The number of ether oxygens (including phenoxy) is 2. The highest BCUT2D eigenvalue weighted by Gasteiger charge is 2.37. The highest BCUT2D eigenvalue weighted by atomic mass is 32.2. The second kappa shape index (κ2) is 12.7. The number of amides is 1. The number of hydrogen-bond acceptors (Lipinski definition) is 7.